The van der Waals surface area contributed by atoms with Crippen molar-refractivity contribution >= 4 is 82.8 Å². The van der Waals surface area contributed by atoms with E-state index >= 15 is 43.2 Å². The zero-order valence-electron chi connectivity index (χ0n) is 80.8. The van der Waals surface area contributed by atoms with Crippen LogP contribution in [-0.2, 0) is 64.1 Å². The molecule has 0 spiro atoms. The lowest BCUT2D eigenvalue weighted by molar-refractivity contribution is -0.151. The van der Waals surface area contributed by atoms with Gasteiger partial charge in [-0.05, 0) is 164 Å². The second kappa shape index (κ2) is 57.6. The van der Waals surface area contributed by atoms with Gasteiger partial charge in [-0.2, -0.15) is 0 Å². The first-order valence-corrected chi connectivity index (χ1v) is 47.5. The molecule has 0 saturated carbocycles. The van der Waals surface area contributed by atoms with Crippen LogP contribution in [0.2, 0.25) is 0 Å². The van der Waals surface area contributed by atoms with Crippen molar-refractivity contribution in [3.8, 4) is 0 Å². The largest absolute Gasteiger partial charge is 0.370 e. The number of hydrogen-bond acceptors (Lipinski definition) is 17. The van der Waals surface area contributed by atoms with Crippen molar-refractivity contribution in [2.24, 2.45) is 28.7 Å². The minimum absolute atomic E-state index is 0.00882. The third kappa shape index (κ3) is 34.9. The topological polar surface area (TPSA) is 454 Å². The third-order valence-electron chi connectivity index (χ3n) is 24.9. The van der Waals surface area contributed by atoms with Gasteiger partial charge < -0.3 is 98.5 Å². The summed E-state index contributed by atoms with van der Waals surface area (Å²) in [7, 11) is 0. The number of benzene rings is 8. The van der Waals surface area contributed by atoms with Gasteiger partial charge in [0.05, 0.1) is 75.0 Å². The van der Waals surface area contributed by atoms with E-state index in [0.29, 0.717) is 77.7 Å². The number of unbranched alkanes of at least 4 members (excludes halogenated alkanes) is 4. The van der Waals surface area contributed by atoms with E-state index in [-0.39, 0.29) is 83.0 Å². The maximum Gasteiger partial charge on any atom is 0.243 e. The number of nitrogens with one attached hydrogen (secondary N) is 5. The highest BCUT2D eigenvalue weighted by Crippen LogP contribution is 2.31. The number of carbonyl (C=O) groups is 12. The lowest BCUT2D eigenvalue weighted by atomic mass is 10.0. The molecule has 0 radical (unpaired) electrons. The van der Waals surface area contributed by atoms with Crippen LogP contribution in [0.5, 0.6) is 0 Å². The Kier molecular flexibility index (Phi) is 45.6. The molecule has 0 unspecified atom stereocenters. The Bertz CT molecular complexity index is 5180. The Balaban J connectivity index is 1.13. The normalized spacial score (nSPS) is 12.5. The van der Waals surface area contributed by atoms with Gasteiger partial charge in [-0.15, -0.1) is 0 Å². The van der Waals surface area contributed by atoms with Crippen molar-refractivity contribution in [1.29, 1.82) is 10.8 Å². The molecule has 15 N–H and O–H groups in total. The van der Waals surface area contributed by atoms with Gasteiger partial charge in [0.15, 0.2) is 11.9 Å². The molecule has 33 heteroatoms. The van der Waals surface area contributed by atoms with Crippen molar-refractivity contribution in [2.45, 2.75) is 149 Å². The molecular formula is C105H141N21O12. The molecule has 8 aromatic rings. The van der Waals surface area contributed by atoms with Gasteiger partial charge in [-0.1, -0.05) is 243 Å². The van der Waals surface area contributed by atoms with Gasteiger partial charge in [0.2, 0.25) is 70.9 Å². The highest BCUT2D eigenvalue weighted by Gasteiger charge is 2.39. The summed E-state index contributed by atoms with van der Waals surface area (Å²) in [5.74, 6) is -8.29. The molecule has 0 aromatic heterocycles. The second-order valence-corrected chi connectivity index (χ2v) is 34.7. The molecule has 138 heavy (non-hydrogen) atoms. The first-order chi connectivity index (χ1) is 66.4. The Labute approximate surface area is 812 Å². The van der Waals surface area contributed by atoms with Crippen molar-refractivity contribution in [3.63, 3.8) is 0 Å². The summed E-state index contributed by atoms with van der Waals surface area (Å²) in [6.07, 6.45) is 3.47. The summed E-state index contributed by atoms with van der Waals surface area (Å²) in [4.78, 5) is 199. The van der Waals surface area contributed by atoms with E-state index in [4.69, 9.17) is 39.5 Å². The predicted molar refractivity (Wildman–Crippen MR) is 535 cm³/mol. The molecule has 0 saturated heterocycles. The SMILES string of the molecule is C[C@@H](c1ccccc1)N(CC(N)=O)C(=O)CN(C(=O)CN(CCCCNC(=N)N)C(=O)CN(Cc1ccccc1)C(=O)CN(C(=O)CN(CCCCNC(=N)N)C(=O)CN(C(=O)CN(C(=O)CN(CCCCN)C(=O)CN(C(=O)CN(C(=O)CNCCCCN)[C@@H](C)c1ccccc1)[C@@H](C)c1ccccc1)[C@@H](C)c1ccccc1)[C@@H](C)c1ccccc1)[C@@H](C)c1ccccc1)[C@@H](C)c1ccccc1. The first-order valence-electron chi connectivity index (χ1n) is 47.5. The number of nitrogens with two attached hydrogens (primary N) is 5. The van der Waals surface area contributed by atoms with Gasteiger partial charge in [-0.3, -0.25) is 68.4 Å². The van der Waals surface area contributed by atoms with Crippen LogP contribution in [0.4, 0.5) is 0 Å². The average Bonchev–Trinajstić information content (AvgIpc) is 0.821. The summed E-state index contributed by atoms with van der Waals surface area (Å²) in [6, 6.07) is 66.8. The van der Waals surface area contributed by atoms with Gasteiger partial charge in [0.25, 0.3) is 0 Å². The molecule has 0 aliphatic rings. The van der Waals surface area contributed by atoms with Crippen LogP contribution in [0.15, 0.2) is 243 Å². The van der Waals surface area contributed by atoms with Crippen LogP contribution in [0.1, 0.15) is 187 Å². The van der Waals surface area contributed by atoms with E-state index in [9.17, 15) is 14.4 Å². The standard InChI is InChI=1S/C105H141N21O12/c1-77(85-42-18-9-19-43-85)120(66-92(108)127)101(136)75-125(82(6)90-52-28-14-29-53-90)99(134)68-116(62-38-35-59-114-104(109)110)94(129)67-119(65-84-40-16-8-17-41-84)97(132)73-122(79(3)87-46-22-11-23-47-87)98(133)69-118(63-39-36-60-115-105(111)112)96(131)72-124(81(5)89-50-26-13-27-51-89)103(138)76-126(83(7)91-54-30-15-31-55-91)100(135)70-117(61-37-33-57-107)95(130)71-123(80(4)88-48-24-12-25-49-88)102(137)74-121(78(2)86-44-20-10-21-45-86)93(128)64-113-58-34-32-56-106/h8-31,40-55,77-83,113H,32-39,56-76,106-107H2,1-7H3,(H2,108,127)(H4,109,110,114)(H4,111,112,115)/t77-,78-,79-,80-,81-,82-,83-/m0/s1. The number of rotatable bonds is 58. The average molecular weight is 1890 g/mol. The molecule has 0 heterocycles. The molecule has 7 atom stereocenters. The minimum Gasteiger partial charge on any atom is -0.370 e. The van der Waals surface area contributed by atoms with Crippen molar-refractivity contribution in [2.75, 3.05) is 131 Å². The number of primary amides is 1. The van der Waals surface area contributed by atoms with Crippen LogP contribution >= 0.6 is 0 Å². The fourth-order valence-electron chi connectivity index (χ4n) is 16.5. The van der Waals surface area contributed by atoms with E-state index in [1.54, 1.807) is 211 Å². The summed E-state index contributed by atoms with van der Waals surface area (Å²) < 4.78 is 0. The first kappa shape index (κ1) is 109. The Morgan fingerprint density at radius 3 is 0.732 bits per heavy atom. The van der Waals surface area contributed by atoms with Crippen LogP contribution in [0.3, 0.4) is 0 Å². The van der Waals surface area contributed by atoms with E-state index in [0.717, 1.165) is 18.4 Å². The second-order valence-electron chi connectivity index (χ2n) is 34.7. The monoisotopic (exact) mass is 1890 g/mol. The predicted octanol–water partition coefficient (Wildman–Crippen LogP) is 8.71. The highest BCUT2D eigenvalue weighted by molar-refractivity contribution is 5.96. The van der Waals surface area contributed by atoms with E-state index in [1.165, 1.54) is 53.9 Å². The maximum atomic E-state index is 16.1. The smallest absolute Gasteiger partial charge is 0.243 e. The van der Waals surface area contributed by atoms with Crippen molar-refractivity contribution < 1.29 is 57.5 Å². The molecule has 8 aromatic carbocycles. The lowest BCUT2D eigenvalue weighted by Gasteiger charge is -2.37. The molecule has 8 rings (SSSR count). The number of guanidine groups is 2. The molecule has 738 valence electrons. The third-order valence-corrected chi connectivity index (χ3v) is 24.9. The van der Waals surface area contributed by atoms with Crippen LogP contribution in [0.25, 0.3) is 0 Å². The lowest BCUT2D eigenvalue weighted by Crippen LogP contribution is -2.53. The molecular weight excluding hydrogens is 1750 g/mol. The number of nitrogens with zero attached hydrogens (tertiary/aromatic N) is 11. The zero-order valence-corrected chi connectivity index (χ0v) is 80.8. The Morgan fingerprint density at radius 2 is 0.464 bits per heavy atom. The quantitative estimate of drug-likeness (QED) is 0.00967. The van der Waals surface area contributed by atoms with Crippen LogP contribution in [-0.4, -0.2) is 268 Å². The Morgan fingerprint density at radius 1 is 0.254 bits per heavy atom. The summed E-state index contributed by atoms with van der Waals surface area (Å²) in [5.41, 5.74) is 34.3. The van der Waals surface area contributed by atoms with Gasteiger partial charge >= 0.3 is 0 Å². The zero-order chi connectivity index (χ0) is 100. The molecule has 0 aliphatic carbocycles. The molecule has 0 bridgehead atoms. The van der Waals surface area contributed by atoms with Crippen LogP contribution < -0.4 is 44.6 Å². The summed E-state index contributed by atoms with van der Waals surface area (Å²) >= 11 is 0. The van der Waals surface area contributed by atoms with Crippen molar-refractivity contribution in [3.05, 3.63) is 287 Å². The van der Waals surface area contributed by atoms with E-state index in [2.05, 4.69) is 16.0 Å². The van der Waals surface area contributed by atoms with E-state index in [1.807, 2.05) is 79.7 Å². The number of hydrogen-bond donors (Lipinski definition) is 10. The van der Waals surface area contributed by atoms with Gasteiger partial charge in [0.1, 0.15) is 45.8 Å². The van der Waals surface area contributed by atoms with Gasteiger partial charge in [0, 0.05) is 39.3 Å². The molecule has 0 fully saturated rings. The summed E-state index contributed by atoms with van der Waals surface area (Å²) in [5, 5.41) is 24.5. The van der Waals surface area contributed by atoms with E-state index < -0.39 is 179 Å². The Hall–Kier alpha value is -14.2. The number of amides is 12. The van der Waals surface area contributed by atoms with Crippen molar-refractivity contribution in [1.82, 2.24) is 69.8 Å². The fourth-order valence-corrected chi connectivity index (χ4v) is 16.5. The molecule has 0 aliphatic heterocycles. The number of carbonyl (C=O) groups excluding carboxylic acids is 12. The fraction of sp³-hybridized carbons (Fsp3) is 0.410. The molecule has 33 nitrogen and oxygen atoms in total. The van der Waals surface area contributed by atoms with Crippen LogP contribution in [0, 0.1) is 10.8 Å². The molecule has 12 amide bonds. The summed E-state index contributed by atoms with van der Waals surface area (Å²) in [6.45, 7) is 7.19. The highest BCUT2D eigenvalue weighted by atomic mass is 16.2. The minimum atomic E-state index is -0.898. The maximum absolute atomic E-state index is 16.1. The van der Waals surface area contributed by atoms with Gasteiger partial charge in [-0.25, -0.2) is 0 Å².